The summed E-state index contributed by atoms with van der Waals surface area (Å²) in [5.74, 6) is -0.292. The van der Waals surface area contributed by atoms with Crippen molar-refractivity contribution in [3.63, 3.8) is 0 Å². The molecule has 0 bridgehead atoms. The van der Waals surface area contributed by atoms with Crippen molar-refractivity contribution < 1.29 is 13.2 Å². The molecule has 0 saturated carbocycles. The lowest BCUT2D eigenvalue weighted by atomic mass is 9.96. The van der Waals surface area contributed by atoms with E-state index in [1.165, 1.54) is 45.2 Å². The number of carbonyl (C=O) groups excluding carboxylic acids is 1. The average Bonchev–Trinajstić information content (AvgIpc) is 3.45. The van der Waals surface area contributed by atoms with E-state index in [9.17, 15) is 13.2 Å². The molecule has 1 fully saturated rings. The van der Waals surface area contributed by atoms with Gasteiger partial charge in [0, 0.05) is 18.7 Å². The van der Waals surface area contributed by atoms with Gasteiger partial charge in [-0.05, 0) is 79.9 Å². The number of benzene rings is 3. The van der Waals surface area contributed by atoms with Gasteiger partial charge in [0.05, 0.1) is 26.3 Å². The molecule has 3 aromatic carbocycles. The molecular formula is C29H31Cl2N3O3S. The predicted molar refractivity (Wildman–Crippen MR) is 157 cm³/mol. The van der Waals surface area contributed by atoms with Crippen molar-refractivity contribution in [2.45, 2.75) is 31.6 Å². The number of sulfone groups is 1. The molecular weight excluding hydrogens is 541 g/mol. The Morgan fingerprint density at radius 2 is 1.58 bits per heavy atom. The molecule has 1 aliphatic heterocycles. The molecule has 0 aliphatic carbocycles. The molecule has 0 aromatic heterocycles. The molecule has 1 heterocycles. The highest BCUT2D eigenvalue weighted by atomic mass is 35.5. The number of rotatable bonds is 6. The number of aryl methyl sites for hydroxylation is 1. The Kier molecular flexibility index (Phi) is 10.3. The Balaban J connectivity index is 0.000000715. The zero-order valence-electron chi connectivity index (χ0n) is 21.6. The van der Waals surface area contributed by atoms with Gasteiger partial charge >= 0.3 is 0 Å². The fourth-order valence-electron chi connectivity index (χ4n) is 3.80. The smallest absolute Gasteiger partial charge is 0.175 e. The summed E-state index contributed by atoms with van der Waals surface area (Å²) in [6.07, 6.45) is 5.45. The lowest BCUT2D eigenvalue weighted by Gasteiger charge is -2.12. The van der Waals surface area contributed by atoms with Gasteiger partial charge in [0.1, 0.15) is 5.69 Å². The number of para-hydroxylation sites is 1. The number of nitrogens with two attached hydrogens (primary N) is 1. The van der Waals surface area contributed by atoms with Gasteiger partial charge in [-0.25, -0.2) is 13.4 Å². The van der Waals surface area contributed by atoms with Gasteiger partial charge in [0.15, 0.2) is 15.6 Å². The number of hydrogen-bond donors (Lipinski definition) is 2. The molecule has 1 saturated heterocycles. The summed E-state index contributed by atoms with van der Waals surface area (Å²) in [6.45, 7) is 5.76. The van der Waals surface area contributed by atoms with E-state index >= 15 is 0 Å². The van der Waals surface area contributed by atoms with Crippen LogP contribution in [0.15, 0.2) is 82.3 Å². The molecule has 0 radical (unpaired) electrons. The molecule has 4 rings (SSSR count). The highest BCUT2D eigenvalue weighted by Gasteiger charge is 2.13. The molecule has 1 aliphatic rings. The van der Waals surface area contributed by atoms with E-state index in [0.29, 0.717) is 21.4 Å². The molecule has 9 heteroatoms. The fraction of sp³-hybridized carbons (Fsp3) is 0.241. The lowest BCUT2D eigenvalue weighted by Crippen LogP contribution is -2.11. The SMILES string of the molecule is C1CCNC1.CC(=O)C(N)=CC(=Nc1c(Cl)cccc1Cl)c1ccc(-c2cccc(S(C)(=O)=O)c2)cc1C. The van der Waals surface area contributed by atoms with Gasteiger partial charge in [0.2, 0.25) is 0 Å². The van der Waals surface area contributed by atoms with Crippen LogP contribution >= 0.6 is 23.2 Å². The number of halogens is 2. The Morgan fingerprint density at radius 1 is 0.974 bits per heavy atom. The van der Waals surface area contributed by atoms with Crippen molar-refractivity contribution in [3.8, 4) is 11.1 Å². The maximum Gasteiger partial charge on any atom is 0.175 e. The monoisotopic (exact) mass is 571 g/mol. The van der Waals surface area contributed by atoms with Crippen LogP contribution in [0, 0.1) is 6.92 Å². The molecule has 0 spiro atoms. The summed E-state index contributed by atoms with van der Waals surface area (Å²) in [5.41, 5.74) is 9.91. The quantitative estimate of drug-likeness (QED) is 0.267. The maximum absolute atomic E-state index is 11.9. The Labute approximate surface area is 234 Å². The minimum atomic E-state index is -3.33. The first kappa shape index (κ1) is 29.6. The highest BCUT2D eigenvalue weighted by Crippen LogP contribution is 2.34. The molecule has 0 amide bonds. The van der Waals surface area contributed by atoms with Crippen LogP contribution in [0.4, 0.5) is 5.69 Å². The predicted octanol–water partition coefficient (Wildman–Crippen LogP) is 6.29. The Hall–Kier alpha value is -2.97. The van der Waals surface area contributed by atoms with E-state index in [1.807, 2.05) is 31.2 Å². The zero-order chi connectivity index (χ0) is 27.9. The van der Waals surface area contributed by atoms with Crippen molar-refractivity contribution in [1.82, 2.24) is 5.32 Å². The fourth-order valence-corrected chi connectivity index (χ4v) is 4.95. The van der Waals surface area contributed by atoms with E-state index in [1.54, 1.807) is 36.4 Å². The van der Waals surface area contributed by atoms with Crippen molar-refractivity contribution in [3.05, 3.63) is 93.6 Å². The first-order valence-electron chi connectivity index (χ1n) is 12.1. The van der Waals surface area contributed by atoms with Crippen LogP contribution in [-0.2, 0) is 14.6 Å². The summed E-state index contributed by atoms with van der Waals surface area (Å²) < 4.78 is 23.9. The Morgan fingerprint density at radius 3 is 2.11 bits per heavy atom. The third-order valence-corrected chi connectivity index (χ3v) is 7.64. The van der Waals surface area contributed by atoms with E-state index in [-0.39, 0.29) is 16.4 Å². The number of nitrogens with one attached hydrogen (secondary N) is 1. The number of nitrogens with zero attached hydrogens (tertiary/aromatic N) is 1. The number of Topliss-reactive ketones (excluding diaryl/α,β-unsaturated/α-hetero) is 1. The largest absolute Gasteiger partial charge is 0.396 e. The minimum Gasteiger partial charge on any atom is -0.396 e. The maximum atomic E-state index is 11.9. The minimum absolute atomic E-state index is 0.0428. The third kappa shape index (κ3) is 8.01. The van der Waals surface area contributed by atoms with Crippen LogP contribution in [0.1, 0.15) is 30.9 Å². The average molecular weight is 573 g/mol. The number of hydrogen-bond acceptors (Lipinski definition) is 6. The molecule has 0 unspecified atom stereocenters. The molecule has 6 nitrogen and oxygen atoms in total. The topological polar surface area (TPSA) is 102 Å². The third-order valence-electron chi connectivity index (χ3n) is 5.92. The summed E-state index contributed by atoms with van der Waals surface area (Å²) >= 11 is 12.6. The highest BCUT2D eigenvalue weighted by molar-refractivity contribution is 7.90. The van der Waals surface area contributed by atoms with Crippen LogP contribution in [0.3, 0.4) is 0 Å². The van der Waals surface area contributed by atoms with Gasteiger partial charge in [0.25, 0.3) is 0 Å². The summed E-state index contributed by atoms with van der Waals surface area (Å²) in [5, 5.41) is 3.95. The van der Waals surface area contributed by atoms with Crippen molar-refractivity contribution in [1.29, 1.82) is 0 Å². The molecule has 3 aromatic rings. The summed E-state index contributed by atoms with van der Waals surface area (Å²) in [4.78, 5) is 16.7. The first-order valence-corrected chi connectivity index (χ1v) is 14.7. The van der Waals surface area contributed by atoms with E-state index in [4.69, 9.17) is 28.9 Å². The Bertz CT molecular complexity index is 1470. The van der Waals surface area contributed by atoms with Gasteiger partial charge < -0.3 is 11.1 Å². The number of ketones is 1. The van der Waals surface area contributed by atoms with E-state index in [2.05, 4.69) is 10.3 Å². The molecule has 38 heavy (non-hydrogen) atoms. The van der Waals surface area contributed by atoms with Crippen LogP contribution in [0.5, 0.6) is 0 Å². The van der Waals surface area contributed by atoms with Crippen LogP contribution in [0.2, 0.25) is 10.0 Å². The number of aliphatic imine (C=N–C) groups is 1. The van der Waals surface area contributed by atoms with Crippen LogP contribution in [-0.4, -0.2) is 39.3 Å². The number of allylic oxidation sites excluding steroid dienone is 2. The summed E-state index contributed by atoms with van der Waals surface area (Å²) in [7, 11) is -3.33. The zero-order valence-corrected chi connectivity index (χ0v) is 23.9. The van der Waals surface area contributed by atoms with Gasteiger partial charge in [-0.2, -0.15) is 0 Å². The lowest BCUT2D eigenvalue weighted by molar-refractivity contribution is -0.113. The second-order valence-electron chi connectivity index (χ2n) is 9.01. The van der Waals surface area contributed by atoms with Crippen molar-refractivity contribution in [2.24, 2.45) is 10.7 Å². The van der Waals surface area contributed by atoms with Gasteiger partial charge in [-0.3, -0.25) is 4.79 Å². The normalized spacial score (nSPS) is 14.1. The van der Waals surface area contributed by atoms with Gasteiger partial charge in [-0.1, -0.05) is 59.6 Å². The van der Waals surface area contributed by atoms with E-state index < -0.39 is 9.84 Å². The van der Waals surface area contributed by atoms with Crippen LogP contribution in [0.25, 0.3) is 11.1 Å². The van der Waals surface area contributed by atoms with Crippen LogP contribution < -0.4 is 11.1 Å². The van der Waals surface area contributed by atoms with E-state index in [0.717, 1.165) is 22.3 Å². The van der Waals surface area contributed by atoms with Crippen molar-refractivity contribution >= 4 is 50.2 Å². The van der Waals surface area contributed by atoms with Crippen molar-refractivity contribution in [2.75, 3.05) is 19.3 Å². The second kappa shape index (κ2) is 13.2. The molecule has 0 atom stereocenters. The van der Waals surface area contributed by atoms with Gasteiger partial charge in [-0.15, -0.1) is 0 Å². The molecule has 3 N–H and O–H groups in total. The first-order chi connectivity index (χ1) is 18.0. The molecule has 200 valence electrons. The summed E-state index contributed by atoms with van der Waals surface area (Å²) in [6, 6.07) is 17.4. The standard InChI is InChI=1S/C25H22Cl2N2O3S.C4H9N/c1-15-12-18(17-6-4-7-19(13-17)33(3,31)32)10-11-20(15)24(14-23(28)16(2)30)29-25-21(26)8-5-9-22(25)27;1-2-4-5-3-1/h4-14H,28H2,1-3H3;5H,1-4H2. The number of carbonyl (C=O) groups is 1. The second-order valence-corrected chi connectivity index (χ2v) is 11.8.